The summed E-state index contributed by atoms with van der Waals surface area (Å²) >= 11 is 1.54. The Morgan fingerprint density at radius 3 is 2.70 bits per heavy atom. The Kier molecular flexibility index (Phi) is 6.69. The van der Waals surface area contributed by atoms with Crippen molar-refractivity contribution in [3.63, 3.8) is 0 Å². The summed E-state index contributed by atoms with van der Waals surface area (Å²) in [6.45, 7) is 4.92. The molecule has 5 nitrogen and oxygen atoms in total. The van der Waals surface area contributed by atoms with Gasteiger partial charge in [0.25, 0.3) is 0 Å². The summed E-state index contributed by atoms with van der Waals surface area (Å²) in [5, 5.41) is 12.4. The van der Waals surface area contributed by atoms with E-state index in [9.17, 15) is 9.90 Å². The zero-order valence-corrected chi connectivity index (χ0v) is 12.4. The number of thiazole rings is 1. The van der Waals surface area contributed by atoms with Crippen LogP contribution in [0.3, 0.4) is 0 Å². The molecule has 0 atom stereocenters. The van der Waals surface area contributed by atoms with E-state index in [0.717, 1.165) is 22.7 Å². The Bertz CT molecular complexity index is 555. The Labute approximate surface area is 122 Å². The molecule has 0 spiro atoms. The van der Waals surface area contributed by atoms with Crippen LogP contribution in [0.25, 0.3) is 10.4 Å². The van der Waals surface area contributed by atoms with Crippen molar-refractivity contribution in [1.29, 1.82) is 0 Å². The van der Waals surface area contributed by atoms with Gasteiger partial charge in [-0.2, -0.15) is 0 Å². The zero-order chi connectivity index (χ0) is 15.0. The average Bonchev–Trinajstić information content (AvgIpc) is 2.84. The molecule has 4 N–H and O–H groups in total. The van der Waals surface area contributed by atoms with Crippen molar-refractivity contribution in [3.05, 3.63) is 35.0 Å². The quantitative estimate of drug-likeness (QED) is 0.753. The number of aromatic nitrogens is 1. The molecule has 108 valence electrons. The number of rotatable bonds is 4. The molecular formula is C14H19N3O2S. The van der Waals surface area contributed by atoms with Gasteiger partial charge in [0.1, 0.15) is 5.75 Å². The molecule has 0 bridgehead atoms. The predicted octanol–water partition coefficient (Wildman–Crippen LogP) is 2.04. The van der Waals surface area contributed by atoms with Crippen LogP contribution in [0.4, 0.5) is 0 Å². The van der Waals surface area contributed by atoms with Gasteiger partial charge in [0.2, 0.25) is 6.41 Å². The van der Waals surface area contributed by atoms with Crippen LogP contribution < -0.4 is 11.1 Å². The van der Waals surface area contributed by atoms with Crippen LogP contribution in [-0.2, 0) is 11.3 Å². The molecule has 0 aliphatic heterocycles. The summed E-state index contributed by atoms with van der Waals surface area (Å²) < 4.78 is 0. The van der Waals surface area contributed by atoms with Gasteiger partial charge in [0.05, 0.1) is 16.1 Å². The number of hydrogen-bond donors (Lipinski definition) is 3. The van der Waals surface area contributed by atoms with Crippen LogP contribution in [0.1, 0.15) is 18.2 Å². The zero-order valence-electron chi connectivity index (χ0n) is 11.6. The topological polar surface area (TPSA) is 88.2 Å². The summed E-state index contributed by atoms with van der Waals surface area (Å²) in [6.07, 6.45) is 0.612. The number of phenolic OH excluding ortho intramolecular Hbond substituents is 1. The Morgan fingerprint density at radius 1 is 1.50 bits per heavy atom. The fraction of sp³-hybridized carbons (Fsp3) is 0.286. The van der Waals surface area contributed by atoms with Crippen molar-refractivity contribution in [2.45, 2.75) is 20.4 Å². The molecule has 6 heteroatoms. The van der Waals surface area contributed by atoms with Crippen molar-refractivity contribution in [2.75, 3.05) is 6.54 Å². The third-order valence-electron chi connectivity index (χ3n) is 2.47. The lowest BCUT2D eigenvalue weighted by atomic mass is 10.1. The van der Waals surface area contributed by atoms with E-state index >= 15 is 0 Å². The molecule has 2 aromatic rings. The van der Waals surface area contributed by atoms with Gasteiger partial charge in [-0.05, 0) is 25.1 Å². The van der Waals surface area contributed by atoms with Crippen molar-refractivity contribution in [1.82, 2.24) is 10.3 Å². The SMILES string of the molecule is CCN.Cc1ncsc1-c1ccc(CNC=O)c(O)c1. The first kappa shape index (κ1) is 16.1. The molecule has 0 aliphatic carbocycles. The van der Waals surface area contributed by atoms with E-state index in [1.165, 1.54) is 0 Å². The monoisotopic (exact) mass is 293 g/mol. The maximum Gasteiger partial charge on any atom is 0.207 e. The minimum atomic E-state index is 0.185. The molecular weight excluding hydrogens is 274 g/mol. The number of nitrogens with two attached hydrogens (primary N) is 1. The highest BCUT2D eigenvalue weighted by Crippen LogP contribution is 2.31. The third-order valence-corrected chi connectivity index (χ3v) is 3.45. The highest BCUT2D eigenvalue weighted by molar-refractivity contribution is 7.13. The summed E-state index contributed by atoms with van der Waals surface area (Å²) in [7, 11) is 0. The number of carbonyl (C=O) groups excluding carboxylic acids is 1. The molecule has 20 heavy (non-hydrogen) atoms. The van der Waals surface area contributed by atoms with Crippen LogP contribution in [0.5, 0.6) is 5.75 Å². The minimum Gasteiger partial charge on any atom is -0.508 e. The number of nitrogens with one attached hydrogen (secondary N) is 1. The summed E-state index contributed by atoms with van der Waals surface area (Å²) in [6, 6.07) is 5.42. The average molecular weight is 293 g/mol. The summed E-state index contributed by atoms with van der Waals surface area (Å²) in [4.78, 5) is 15.4. The molecule has 0 aliphatic rings. The first-order chi connectivity index (χ1) is 9.63. The summed E-state index contributed by atoms with van der Waals surface area (Å²) in [5.74, 6) is 0.185. The fourth-order valence-corrected chi connectivity index (χ4v) is 2.39. The molecule has 0 unspecified atom stereocenters. The molecule has 0 radical (unpaired) electrons. The molecule has 2 rings (SSSR count). The van der Waals surface area contributed by atoms with Crippen LogP contribution in [-0.4, -0.2) is 23.0 Å². The molecule has 1 amide bonds. The third kappa shape index (κ3) is 4.32. The predicted molar refractivity (Wildman–Crippen MR) is 81.6 cm³/mol. The Balaban J connectivity index is 0.000000612. The molecule has 1 aromatic heterocycles. The van der Waals surface area contributed by atoms with Crippen molar-refractivity contribution >= 4 is 17.7 Å². The molecule has 0 fully saturated rings. The fourth-order valence-electron chi connectivity index (χ4n) is 1.59. The lowest BCUT2D eigenvalue weighted by molar-refractivity contribution is -0.109. The van der Waals surface area contributed by atoms with Crippen molar-refractivity contribution in [3.8, 4) is 16.2 Å². The van der Waals surface area contributed by atoms with Gasteiger partial charge in [0, 0.05) is 12.1 Å². The number of aryl methyl sites for hydroxylation is 1. The van der Waals surface area contributed by atoms with E-state index in [1.54, 1.807) is 29.0 Å². The second-order valence-corrected chi connectivity index (χ2v) is 4.87. The number of carbonyl (C=O) groups is 1. The van der Waals surface area contributed by atoms with Crippen molar-refractivity contribution < 1.29 is 9.90 Å². The maximum absolute atomic E-state index is 10.2. The van der Waals surface area contributed by atoms with E-state index in [0.29, 0.717) is 18.5 Å². The molecule has 1 aromatic carbocycles. The van der Waals surface area contributed by atoms with Gasteiger partial charge in [-0.15, -0.1) is 11.3 Å². The Hall–Kier alpha value is -1.92. The van der Waals surface area contributed by atoms with Gasteiger partial charge in [-0.3, -0.25) is 4.79 Å². The number of phenols is 1. The second kappa shape index (κ2) is 8.29. The van der Waals surface area contributed by atoms with E-state index in [-0.39, 0.29) is 5.75 Å². The van der Waals surface area contributed by atoms with E-state index in [4.69, 9.17) is 5.73 Å². The van der Waals surface area contributed by atoms with Crippen molar-refractivity contribution in [2.24, 2.45) is 5.73 Å². The second-order valence-electron chi connectivity index (χ2n) is 4.02. The van der Waals surface area contributed by atoms with Crippen LogP contribution in [0.2, 0.25) is 0 Å². The number of hydrogen-bond acceptors (Lipinski definition) is 5. The first-order valence-corrected chi connectivity index (χ1v) is 7.11. The normalized spacial score (nSPS) is 9.55. The van der Waals surface area contributed by atoms with E-state index in [2.05, 4.69) is 10.3 Å². The minimum absolute atomic E-state index is 0.185. The standard InChI is InChI=1S/C12H12N2O2S.C2H7N/c1-8-12(17-7-14-8)9-2-3-10(5-13-6-15)11(16)4-9;1-2-3/h2-4,6-7,16H,5H2,1H3,(H,13,15);2-3H2,1H3. The molecule has 0 saturated heterocycles. The van der Waals surface area contributed by atoms with Crippen LogP contribution >= 0.6 is 11.3 Å². The van der Waals surface area contributed by atoms with E-state index in [1.807, 2.05) is 19.9 Å². The summed E-state index contributed by atoms with van der Waals surface area (Å²) in [5.41, 5.74) is 9.22. The van der Waals surface area contributed by atoms with Gasteiger partial charge < -0.3 is 16.2 Å². The number of benzene rings is 1. The smallest absolute Gasteiger partial charge is 0.207 e. The van der Waals surface area contributed by atoms with Gasteiger partial charge in [-0.25, -0.2) is 4.98 Å². The first-order valence-electron chi connectivity index (χ1n) is 6.23. The lowest BCUT2D eigenvalue weighted by Crippen LogP contribution is -2.09. The molecule has 1 heterocycles. The molecule has 0 saturated carbocycles. The van der Waals surface area contributed by atoms with Gasteiger partial charge >= 0.3 is 0 Å². The highest BCUT2D eigenvalue weighted by Gasteiger charge is 2.08. The number of amides is 1. The van der Waals surface area contributed by atoms with E-state index < -0.39 is 0 Å². The Morgan fingerprint density at radius 2 is 2.20 bits per heavy atom. The van der Waals surface area contributed by atoms with Crippen LogP contribution in [0.15, 0.2) is 23.7 Å². The maximum atomic E-state index is 10.2. The van der Waals surface area contributed by atoms with Crippen LogP contribution in [0, 0.1) is 6.92 Å². The highest BCUT2D eigenvalue weighted by atomic mass is 32.1. The number of nitrogens with zero attached hydrogens (tertiary/aromatic N) is 1. The van der Waals surface area contributed by atoms with Gasteiger partial charge in [-0.1, -0.05) is 19.1 Å². The largest absolute Gasteiger partial charge is 0.508 e. The number of aromatic hydroxyl groups is 1. The lowest BCUT2D eigenvalue weighted by Gasteiger charge is -2.06. The van der Waals surface area contributed by atoms with Gasteiger partial charge in [0.15, 0.2) is 0 Å².